The maximum absolute atomic E-state index is 13.0. The Morgan fingerprint density at radius 1 is 1.29 bits per heavy atom. The largest absolute Gasteiger partial charge is 0.318 e. The minimum Gasteiger partial charge on any atom is -0.318 e. The Labute approximate surface area is 162 Å². The summed E-state index contributed by atoms with van der Waals surface area (Å²) in [6.07, 6.45) is 5.78. The van der Waals surface area contributed by atoms with E-state index in [4.69, 9.17) is 0 Å². The van der Waals surface area contributed by atoms with Crippen LogP contribution in [-0.4, -0.2) is 32.2 Å². The molecule has 1 atom stereocenters. The van der Waals surface area contributed by atoms with Crippen molar-refractivity contribution in [3.8, 4) is 0 Å². The summed E-state index contributed by atoms with van der Waals surface area (Å²) in [5, 5.41) is 10.6. The number of benzene rings is 1. The number of hydrogen-bond acceptors (Lipinski definition) is 5. The lowest BCUT2D eigenvalue weighted by Gasteiger charge is -2.06. The van der Waals surface area contributed by atoms with Gasteiger partial charge in [-0.3, -0.25) is 9.48 Å². The summed E-state index contributed by atoms with van der Waals surface area (Å²) < 4.78 is 14.6. The van der Waals surface area contributed by atoms with E-state index in [1.807, 2.05) is 6.07 Å². The van der Waals surface area contributed by atoms with Crippen LogP contribution in [0.15, 0.2) is 42.7 Å². The van der Waals surface area contributed by atoms with E-state index in [1.54, 1.807) is 36.3 Å². The number of rotatable bonds is 5. The Balaban J connectivity index is 1.41. The Bertz CT molecular complexity index is 961. The number of amides is 1. The summed E-state index contributed by atoms with van der Waals surface area (Å²) >= 11 is 0. The second kappa shape index (κ2) is 7.85. The quantitative estimate of drug-likeness (QED) is 0.711. The number of anilines is 1. The smallest absolute Gasteiger partial charge is 0.274 e. The molecule has 2 aromatic heterocycles. The van der Waals surface area contributed by atoms with Crippen molar-refractivity contribution in [3.63, 3.8) is 0 Å². The van der Waals surface area contributed by atoms with Crippen LogP contribution in [0, 0.1) is 5.82 Å². The van der Waals surface area contributed by atoms with E-state index in [-0.39, 0.29) is 17.8 Å². The molecule has 7 nitrogen and oxygen atoms in total. The molecule has 144 valence electrons. The van der Waals surface area contributed by atoms with E-state index in [1.165, 1.54) is 12.1 Å². The molecule has 0 saturated carbocycles. The Morgan fingerprint density at radius 3 is 2.71 bits per heavy atom. The zero-order valence-electron chi connectivity index (χ0n) is 15.5. The van der Waals surface area contributed by atoms with E-state index < -0.39 is 0 Å². The summed E-state index contributed by atoms with van der Waals surface area (Å²) in [5.74, 6) is 0.0682. The molecule has 0 aliphatic carbocycles. The molecule has 3 heterocycles. The lowest BCUT2D eigenvalue weighted by molar-refractivity contribution is 0.101. The van der Waals surface area contributed by atoms with Gasteiger partial charge in [-0.25, -0.2) is 14.4 Å². The normalized spacial score (nSPS) is 16.3. The molecule has 3 aromatic rings. The molecule has 1 aliphatic rings. The van der Waals surface area contributed by atoms with Crippen LogP contribution in [0.1, 0.15) is 46.5 Å². The van der Waals surface area contributed by atoms with Crippen LogP contribution < -0.4 is 10.6 Å². The third-order valence-corrected chi connectivity index (χ3v) is 4.79. The highest BCUT2D eigenvalue weighted by atomic mass is 19.1. The fraction of sp³-hybridized carbons (Fsp3) is 0.300. The summed E-state index contributed by atoms with van der Waals surface area (Å²) in [5.41, 5.74) is 2.80. The van der Waals surface area contributed by atoms with Crippen molar-refractivity contribution in [1.82, 2.24) is 25.1 Å². The standard InChI is InChI=1S/C20H21FN6O/c1-27-18(10-17(26-27)16-3-2-8-22-16)20(28)25-15-11-23-19(24-12-15)9-13-4-6-14(21)7-5-13/h4-7,10-12,16,22H,2-3,8-9H2,1H3,(H,25,28). The van der Waals surface area contributed by atoms with E-state index in [9.17, 15) is 9.18 Å². The summed E-state index contributed by atoms with van der Waals surface area (Å²) in [6, 6.07) is 8.26. The van der Waals surface area contributed by atoms with Gasteiger partial charge in [-0.15, -0.1) is 0 Å². The third-order valence-electron chi connectivity index (χ3n) is 4.79. The minimum atomic E-state index is -0.273. The first-order valence-corrected chi connectivity index (χ1v) is 9.22. The molecule has 0 bridgehead atoms. The first-order chi connectivity index (χ1) is 13.6. The van der Waals surface area contributed by atoms with E-state index in [0.29, 0.717) is 23.6 Å². The molecule has 28 heavy (non-hydrogen) atoms. The van der Waals surface area contributed by atoms with Gasteiger partial charge in [0.1, 0.15) is 17.3 Å². The molecular weight excluding hydrogens is 359 g/mol. The van der Waals surface area contributed by atoms with Gasteiger partial charge in [0.2, 0.25) is 0 Å². The molecule has 1 aromatic carbocycles. The van der Waals surface area contributed by atoms with Crippen LogP contribution in [0.3, 0.4) is 0 Å². The maximum atomic E-state index is 13.0. The number of aromatic nitrogens is 4. The summed E-state index contributed by atoms with van der Waals surface area (Å²) in [7, 11) is 1.76. The van der Waals surface area contributed by atoms with Gasteiger partial charge < -0.3 is 10.6 Å². The molecule has 1 amide bonds. The zero-order chi connectivity index (χ0) is 19.5. The molecule has 4 rings (SSSR count). The maximum Gasteiger partial charge on any atom is 0.274 e. The highest BCUT2D eigenvalue weighted by molar-refractivity contribution is 6.03. The molecular formula is C20H21FN6O. The predicted molar refractivity (Wildman–Crippen MR) is 102 cm³/mol. The third kappa shape index (κ3) is 4.07. The van der Waals surface area contributed by atoms with Crippen LogP contribution in [0.25, 0.3) is 0 Å². The van der Waals surface area contributed by atoms with E-state index in [0.717, 1.165) is 30.6 Å². The first-order valence-electron chi connectivity index (χ1n) is 9.22. The SMILES string of the molecule is Cn1nc(C2CCCN2)cc1C(=O)Nc1cnc(Cc2ccc(F)cc2)nc1. The van der Waals surface area contributed by atoms with Crippen LogP contribution in [0.2, 0.25) is 0 Å². The van der Waals surface area contributed by atoms with Gasteiger partial charge in [0.05, 0.1) is 29.8 Å². The number of aryl methyl sites for hydroxylation is 1. The molecule has 8 heteroatoms. The molecule has 2 N–H and O–H groups in total. The van der Waals surface area contributed by atoms with Crippen LogP contribution in [0.5, 0.6) is 0 Å². The van der Waals surface area contributed by atoms with Gasteiger partial charge in [-0.1, -0.05) is 12.1 Å². The van der Waals surface area contributed by atoms with Crippen molar-refractivity contribution in [3.05, 3.63) is 71.3 Å². The van der Waals surface area contributed by atoms with Crippen molar-refractivity contribution in [1.29, 1.82) is 0 Å². The van der Waals surface area contributed by atoms with E-state index >= 15 is 0 Å². The molecule has 1 aliphatic heterocycles. The Morgan fingerprint density at radius 2 is 2.04 bits per heavy atom. The average molecular weight is 380 g/mol. The average Bonchev–Trinajstić information content (AvgIpc) is 3.35. The van der Waals surface area contributed by atoms with Crippen molar-refractivity contribution >= 4 is 11.6 Å². The van der Waals surface area contributed by atoms with Gasteiger partial charge in [-0.2, -0.15) is 5.10 Å². The van der Waals surface area contributed by atoms with Crippen molar-refractivity contribution in [2.75, 3.05) is 11.9 Å². The first kappa shape index (κ1) is 18.2. The molecule has 1 saturated heterocycles. The lowest BCUT2D eigenvalue weighted by atomic mass is 10.1. The molecule has 0 radical (unpaired) electrons. The van der Waals surface area contributed by atoms with Crippen LogP contribution >= 0.6 is 0 Å². The second-order valence-corrected chi connectivity index (χ2v) is 6.87. The minimum absolute atomic E-state index is 0.210. The summed E-state index contributed by atoms with van der Waals surface area (Å²) in [4.78, 5) is 21.2. The highest BCUT2D eigenvalue weighted by Crippen LogP contribution is 2.22. The second-order valence-electron chi connectivity index (χ2n) is 6.87. The monoisotopic (exact) mass is 380 g/mol. The van der Waals surface area contributed by atoms with Gasteiger partial charge in [-0.05, 0) is 43.1 Å². The van der Waals surface area contributed by atoms with Crippen LogP contribution in [0.4, 0.5) is 10.1 Å². The van der Waals surface area contributed by atoms with Gasteiger partial charge >= 0.3 is 0 Å². The molecule has 1 unspecified atom stereocenters. The highest BCUT2D eigenvalue weighted by Gasteiger charge is 2.22. The van der Waals surface area contributed by atoms with Crippen molar-refractivity contribution < 1.29 is 9.18 Å². The topological polar surface area (TPSA) is 84.7 Å². The fourth-order valence-corrected chi connectivity index (χ4v) is 3.30. The fourth-order valence-electron chi connectivity index (χ4n) is 3.30. The number of carbonyl (C=O) groups is 1. The number of nitrogens with zero attached hydrogens (tertiary/aromatic N) is 4. The van der Waals surface area contributed by atoms with Gasteiger partial charge in [0, 0.05) is 13.5 Å². The summed E-state index contributed by atoms with van der Waals surface area (Å²) in [6.45, 7) is 0.977. The van der Waals surface area contributed by atoms with Crippen molar-refractivity contribution in [2.24, 2.45) is 7.05 Å². The van der Waals surface area contributed by atoms with Gasteiger partial charge in [0.25, 0.3) is 5.91 Å². The molecule has 0 spiro atoms. The number of nitrogens with one attached hydrogen (secondary N) is 2. The van der Waals surface area contributed by atoms with Crippen LogP contribution in [-0.2, 0) is 13.5 Å². The zero-order valence-corrected chi connectivity index (χ0v) is 15.5. The number of hydrogen-bond donors (Lipinski definition) is 2. The number of halogens is 1. The Hall–Kier alpha value is -3.13. The lowest BCUT2D eigenvalue weighted by Crippen LogP contribution is -2.16. The number of carbonyl (C=O) groups excluding carboxylic acids is 1. The Kier molecular flexibility index (Phi) is 5.12. The van der Waals surface area contributed by atoms with Crippen molar-refractivity contribution in [2.45, 2.75) is 25.3 Å². The van der Waals surface area contributed by atoms with E-state index in [2.05, 4.69) is 25.7 Å². The predicted octanol–water partition coefficient (Wildman–Crippen LogP) is 2.62. The van der Waals surface area contributed by atoms with Gasteiger partial charge in [0.15, 0.2) is 0 Å². The molecule has 1 fully saturated rings.